The van der Waals surface area contributed by atoms with E-state index < -0.39 is 17.5 Å². The summed E-state index contributed by atoms with van der Waals surface area (Å²) >= 11 is 0. The van der Waals surface area contributed by atoms with E-state index in [2.05, 4.69) is 15.5 Å². The predicted molar refractivity (Wildman–Crippen MR) is 95.0 cm³/mol. The minimum absolute atomic E-state index is 0.318. The van der Waals surface area contributed by atoms with Gasteiger partial charge in [-0.1, -0.05) is 0 Å². The molecule has 1 fully saturated rings. The molecule has 0 radical (unpaired) electrons. The molecule has 25 heavy (non-hydrogen) atoms. The Kier molecular flexibility index (Phi) is 5.28. The number of carbonyl (C=O) groups excluding carboxylic acids is 1. The monoisotopic (exact) mass is 345 g/mol. The van der Waals surface area contributed by atoms with Crippen molar-refractivity contribution in [3.05, 3.63) is 59.7 Å². The van der Waals surface area contributed by atoms with Crippen molar-refractivity contribution >= 4 is 17.3 Å². The van der Waals surface area contributed by atoms with E-state index in [0.29, 0.717) is 17.3 Å². The summed E-state index contributed by atoms with van der Waals surface area (Å²) in [5, 5.41) is 5.98. The molecular formula is C19H21F2N3O. The molecule has 0 saturated carbocycles. The maximum absolute atomic E-state index is 14.0. The Morgan fingerprint density at radius 2 is 1.76 bits per heavy atom. The molecule has 0 spiro atoms. The number of piperidine rings is 1. The maximum atomic E-state index is 14.0. The van der Waals surface area contributed by atoms with Crippen LogP contribution < -0.4 is 15.5 Å². The molecule has 0 aliphatic carbocycles. The van der Waals surface area contributed by atoms with E-state index >= 15 is 0 Å². The number of carbonyl (C=O) groups is 1. The molecule has 1 saturated heterocycles. The van der Waals surface area contributed by atoms with Gasteiger partial charge in [0.25, 0.3) is 5.91 Å². The molecular weight excluding hydrogens is 324 g/mol. The Hall–Kier alpha value is -2.47. The molecule has 0 unspecified atom stereocenters. The molecule has 0 bridgehead atoms. The number of halogens is 2. The van der Waals surface area contributed by atoms with E-state index in [-0.39, 0.29) is 0 Å². The van der Waals surface area contributed by atoms with Crippen LogP contribution in [0.25, 0.3) is 0 Å². The van der Waals surface area contributed by atoms with Gasteiger partial charge in [0.1, 0.15) is 11.6 Å². The number of nitrogens with zero attached hydrogens (tertiary/aromatic N) is 1. The Morgan fingerprint density at radius 3 is 2.44 bits per heavy atom. The molecule has 1 aliphatic rings. The van der Waals surface area contributed by atoms with Crippen molar-refractivity contribution in [1.29, 1.82) is 0 Å². The number of hydrogen-bond donors (Lipinski definition) is 2. The van der Waals surface area contributed by atoms with Crippen LogP contribution in [0.1, 0.15) is 23.2 Å². The first-order valence-electron chi connectivity index (χ1n) is 8.34. The van der Waals surface area contributed by atoms with Crippen LogP contribution in [0.4, 0.5) is 20.2 Å². The molecule has 2 aromatic rings. The molecule has 0 atom stereocenters. The minimum Gasteiger partial charge on any atom is -0.371 e. The second-order valence-corrected chi connectivity index (χ2v) is 6.25. The fourth-order valence-electron chi connectivity index (χ4n) is 3.06. The van der Waals surface area contributed by atoms with Crippen LogP contribution in [0.15, 0.2) is 42.5 Å². The molecule has 1 amide bonds. The Morgan fingerprint density at radius 1 is 1.08 bits per heavy atom. The van der Waals surface area contributed by atoms with Crippen LogP contribution in [0.3, 0.4) is 0 Å². The molecule has 6 heteroatoms. The third kappa shape index (κ3) is 4.33. The fourth-order valence-corrected chi connectivity index (χ4v) is 3.06. The average Bonchev–Trinajstić information content (AvgIpc) is 2.62. The summed E-state index contributed by atoms with van der Waals surface area (Å²) in [6.45, 7) is 1.89. The van der Waals surface area contributed by atoms with E-state index in [1.807, 2.05) is 7.05 Å². The lowest BCUT2D eigenvalue weighted by molar-refractivity contribution is 0.102. The second kappa shape index (κ2) is 7.61. The van der Waals surface area contributed by atoms with Gasteiger partial charge in [-0.05, 0) is 68.4 Å². The predicted octanol–water partition coefficient (Wildman–Crippen LogP) is 3.41. The number of amides is 1. The largest absolute Gasteiger partial charge is 0.371 e. The minimum atomic E-state index is -0.410. The van der Waals surface area contributed by atoms with Gasteiger partial charge in [-0.15, -0.1) is 0 Å². The maximum Gasteiger partial charge on any atom is 0.255 e. The lowest BCUT2D eigenvalue weighted by atomic mass is 10.0. The zero-order chi connectivity index (χ0) is 17.8. The van der Waals surface area contributed by atoms with Crippen molar-refractivity contribution in [2.75, 3.05) is 30.4 Å². The van der Waals surface area contributed by atoms with Crippen molar-refractivity contribution in [3.8, 4) is 0 Å². The quantitative estimate of drug-likeness (QED) is 0.893. The molecule has 2 aromatic carbocycles. The van der Waals surface area contributed by atoms with Gasteiger partial charge in [-0.25, -0.2) is 8.78 Å². The Bertz CT molecular complexity index is 743. The lowest BCUT2D eigenvalue weighted by Crippen LogP contribution is -2.41. The zero-order valence-corrected chi connectivity index (χ0v) is 14.1. The van der Waals surface area contributed by atoms with Crippen molar-refractivity contribution in [1.82, 2.24) is 5.32 Å². The van der Waals surface area contributed by atoms with Crippen LogP contribution in [-0.4, -0.2) is 32.1 Å². The summed E-state index contributed by atoms with van der Waals surface area (Å²) in [6, 6.07) is 10.1. The molecule has 1 heterocycles. The summed E-state index contributed by atoms with van der Waals surface area (Å²) < 4.78 is 27.0. The number of rotatable bonds is 4. The molecule has 132 valence electrons. The Balaban J connectivity index is 1.76. The van der Waals surface area contributed by atoms with Crippen molar-refractivity contribution in [2.45, 2.75) is 18.9 Å². The van der Waals surface area contributed by atoms with Gasteiger partial charge in [0, 0.05) is 30.0 Å². The van der Waals surface area contributed by atoms with E-state index in [1.54, 1.807) is 6.07 Å². The van der Waals surface area contributed by atoms with Crippen LogP contribution in [0.2, 0.25) is 0 Å². The first-order chi connectivity index (χ1) is 12.0. The SMILES string of the molecule is CN(c1cc(F)cc(NC(=O)c2ccc(F)cc2)c1)C1CCNCC1. The molecule has 2 N–H and O–H groups in total. The van der Waals surface area contributed by atoms with Crippen molar-refractivity contribution in [3.63, 3.8) is 0 Å². The van der Waals surface area contributed by atoms with Crippen LogP contribution in [-0.2, 0) is 0 Å². The highest BCUT2D eigenvalue weighted by atomic mass is 19.1. The zero-order valence-electron chi connectivity index (χ0n) is 14.1. The van der Waals surface area contributed by atoms with E-state index in [1.165, 1.54) is 36.4 Å². The number of benzene rings is 2. The topological polar surface area (TPSA) is 44.4 Å². The third-order valence-corrected chi connectivity index (χ3v) is 4.51. The smallest absolute Gasteiger partial charge is 0.255 e. The van der Waals surface area contributed by atoms with E-state index in [0.717, 1.165) is 31.6 Å². The average molecular weight is 345 g/mol. The summed E-state index contributed by atoms with van der Waals surface area (Å²) in [5.41, 5.74) is 1.42. The number of nitrogens with one attached hydrogen (secondary N) is 2. The van der Waals surface area contributed by atoms with Gasteiger partial charge < -0.3 is 15.5 Å². The van der Waals surface area contributed by atoms with E-state index in [4.69, 9.17) is 0 Å². The van der Waals surface area contributed by atoms with Gasteiger partial charge in [-0.2, -0.15) is 0 Å². The lowest BCUT2D eigenvalue weighted by Gasteiger charge is -2.33. The second-order valence-electron chi connectivity index (χ2n) is 6.25. The highest BCUT2D eigenvalue weighted by Crippen LogP contribution is 2.25. The molecule has 0 aromatic heterocycles. The van der Waals surface area contributed by atoms with Crippen LogP contribution in [0.5, 0.6) is 0 Å². The van der Waals surface area contributed by atoms with Crippen LogP contribution in [0, 0.1) is 11.6 Å². The summed E-state index contributed by atoms with van der Waals surface area (Å²) in [5.74, 6) is -1.22. The van der Waals surface area contributed by atoms with Gasteiger partial charge in [0.05, 0.1) is 0 Å². The van der Waals surface area contributed by atoms with Crippen molar-refractivity contribution < 1.29 is 13.6 Å². The van der Waals surface area contributed by atoms with E-state index in [9.17, 15) is 13.6 Å². The van der Waals surface area contributed by atoms with Gasteiger partial charge in [0.15, 0.2) is 0 Å². The molecule has 1 aliphatic heterocycles. The molecule has 4 nitrogen and oxygen atoms in total. The van der Waals surface area contributed by atoms with Crippen molar-refractivity contribution in [2.24, 2.45) is 0 Å². The van der Waals surface area contributed by atoms with Gasteiger partial charge in [0.2, 0.25) is 0 Å². The number of anilines is 2. The number of hydrogen-bond acceptors (Lipinski definition) is 3. The standard InChI is InChI=1S/C19H21F2N3O/c1-24(17-6-8-22-9-7-17)18-11-15(21)10-16(12-18)23-19(25)13-2-4-14(20)5-3-13/h2-5,10-12,17,22H,6-9H2,1H3,(H,23,25). The highest BCUT2D eigenvalue weighted by Gasteiger charge is 2.19. The summed E-state index contributed by atoms with van der Waals surface area (Å²) in [6.07, 6.45) is 1.98. The Labute approximate surface area is 145 Å². The summed E-state index contributed by atoms with van der Waals surface area (Å²) in [4.78, 5) is 14.3. The summed E-state index contributed by atoms with van der Waals surface area (Å²) in [7, 11) is 1.94. The first-order valence-corrected chi connectivity index (χ1v) is 8.34. The molecule has 3 rings (SSSR count). The van der Waals surface area contributed by atoms with Gasteiger partial charge >= 0.3 is 0 Å². The fraction of sp³-hybridized carbons (Fsp3) is 0.316. The first kappa shape index (κ1) is 17.4. The third-order valence-electron chi connectivity index (χ3n) is 4.51. The van der Waals surface area contributed by atoms with Gasteiger partial charge in [-0.3, -0.25) is 4.79 Å². The van der Waals surface area contributed by atoms with Crippen LogP contribution >= 0.6 is 0 Å². The highest BCUT2D eigenvalue weighted by molar-refractivity contribution is 6.04. The normalized spacial score (nSPS) is 15.0.